The zero-order valence-electron chi connectivity index (χ0n) is 12.0. The zero-order chi connectivity index (χ0) is 15.1. The predicted molar refractivity (Wildman–Crippen MR) is 80.0 cm³/mol. The number of ether oxygens (including phenoxy) is 1. The zero-order valence-corrected chi connectivity index (χ0v) is 12.0. The standard InChI is InChI=1S/C14H17N5O2/c1-3-15-10-17-13-12(14(20)21-4-2)9-19(18-13)11-6-5-7-16-8-11/h5-10H,3-4H2,1-2H3,(H,15,17,18). The number of nitrogens with one attached hydrogen (secondary N) is 1. The van der Waals surface area contributed by atoms with Crippen LogP contribution < -0.4 is 5.32 Å². The first-order valence-corrected chi connectivity index (χ1v) is 6.68. The van der Waals surface area contributed by atoms with E-state index in [4.69, 9.17) is 4.74 Å². The van der Waals surface area contributed by atoms with Gasteiger partial charge in [0.2, 0.25) is 0 Å². The smallest absolute Gasteiger partial charge is 0.343 e. The molecule has 2 aromatic heterocycles. The summed E-state index contributed by atoms with van der Waals surface area (Å²) in [5.74, 6) is -0.0328. The molecule has 2 aromatic rings. The monoisotopic (exact) mass is 287 g/mol. The molecule has 21 heavy (non-hydrogen) atoms. The average molecular weight is 287 g/mol. The predicted octanol–water partition coefficient (Wildman–Crippen LogP) is 1.90. The van der Waals surface area contributed by atoms with E-state index in [0.29, 0.717) is 24.5 Å². The summed E-state index contributed by atoms with van der Waals surface area (Å²) in [6, 6.07) is 3.64. The van der Waals surface area contributed by atoms with Crippen molar-refractivity contribution in [2.75, 3.05) is 18.5 Å². The minimum atomic E-state index is -0.431. The Kier molecular flexibility index (Phi) is 5.03. The maximum atomic E-state index is 12.0. The van der Waals surface area contributed by atoms with Crippen LogP contribution in [0.3, 0.4) is 0 Å². The Morgan fingerprint density at radius 1 is 1.52 bits per heavy atom. The molecule has 0 saturated heterocycles. The van der Waals surface area contributed by atoms with Crippen molar-refractivity contribution in [1.82, 2.24) is 14.8 Å². The molecule has 0 radical (unpaired) electrons. The topological polar surface area (TPSA) is 81.4 Å². The molecular weight excluding hydrogens is 270 g/mol. The number of aliphatic imine (C=N–C) groups is 1. The van der Waals surface area contributed by atoms with E-state index in [1.807, 2.05) is 13.0 Å². The second kappa shape index (κ2) is 7.18. The number of anilines is 1. The molecule has 0 unspecified atom stereocenters. The van der Waals surface area contributed by atoms with Gasteiger partial charge >= 0.3 is 5.97 Å². The highest BCUT2D eigenvalue weighted by atomic mass is 16.5. The van der Waals surface area contributed by atoms with Gasteiger partial charge in [0.1, 0.15) is 5.56 Å². The van der Waals surface area contributed by atoms with E-state index < -0.39 is 5.97 Å². The molecule has 1 N–H and O–H groups in total. The molecule has 7 nitrogen and oxygen atoms in total. The molecule has 0 aliphatic heterocycles. The van der Waals surface area contributed by atoms with Gasteiger partial charge in [0.25, 0.3) is 0 Å². The van der Waals surface area contributed by atoms with Gasteiger partial charge in [-0.15, -0.1) is 5.10 Å². The highest BCUT2D eigenvalue weighted by Crippen LogP contribution is 2.17. The van der Waals surface area contributed by atoms with Crippen LogP contribution in [-0.2, 0) is 4.74 Å². The van der Waals surface area contributed by atoms with Crippen LogP contribution in [0.4, 0.5) is 5.82 Å². The summed E-state index contributed by atoms with van der Waals surface area (Å²) in [5.41, 5.74) is 1.10. The lowest BCUT2D eigenvalue weighted by molar-refractivity contribution is 0.0527. The fraction of sp³-hybridized carbons (Fsp3) is 0.286. The van der Waals surface area contributed by atoms with Crippen LogP contribution in [0, 0.1) is 0 Å². The van der Waals surface area contributed by atoms with Crippen LogP contribution in [0.1, 0.15) is 24.2 Å². The number of aromatic nitrogens is 3. The Morgan fingerprint density at radius 3 is 3.05 bits per heavy atom. The Labute approximate surface area is 122 Å². The lowest BCUT2D eigenvalue weighted by atomic mass is 10.3. The molecular formula is C14H17N5O2. The molecule has 2 rings (SSSR count). The first-order chi connectivity index (χ1) is 10.3. The Hall–Kier alpha value is -2.70. The Morgan fingerprint density at radius 2 is 2.38 bits per heavy atom. The normalized spacial score (nSPS) is 10.8. The minimum Gasteiger partial charge on any atom is -0.462 e. The van der Waals surface area contributed by atoms with Crippen LogP contribution in [0.5, 0.6) is 0 Å². The number of pyridine rings is 1. The van der Waals surface area contributed by atoms with Crippen molar-refractivity contribution in [3.63, 3.8) is 0 Å². The number of hydrogen-bond acceptors (Lipinski definition) is 5. The summed E-state index contributed by atoms with van der Waals surface area (Å²) >= 11 is 0. The van der Waals surface area contributed by atoms with Crippen molar-refractivity contribution in [3.05, 3.63) is 36.3 Å². The average Bonchev–Trinajstić information content (AvgIpc) is 2.93. The van der Waals surface area contributed by atoms with Crippen molar-refractivity contribution >= 4 is 18.1 Å². The van der Waals surface area contributed by atoms with E-state index in [1.54, 1.807) is 36.3 Å². The largest absolute Gasteiger partial charge is 0.462 e. The van der Waals surface area contributed by atoms with Gasteiger partial charge in [-0.2, -0.15) is 0 Å². The second-order valence-electron chi connectivity index (χ2n) is 4.04. The molecule has 0 aliphatic rings. The summed E-state index contributed by atoms with van der Waals surface area (Å²) in [5, 5.41) is 7.23. The molecule has 2 heterocycles. The maximum absolute atomic E-state index is 12.0. The third-order valence-corrected chi connectivity index (χ3v) is 2.60. The number of esters is 1. The minimum absolute atomic E-state index is 0.305. The molecule has 110 valence electrons. The summed E-state index contributed by atoms with van der Waals surface area (Å²) in [6.45, 7) is 4.62. The quantitative estimate of drug-likeness (QED) is 0.498. The third kappa shape index (κ3) is 3.65. The highest BCUT2D eigenvalue weighted by molar-refractivity contribution is 5.97. The van der Waals surface area contributed by atoms with Gasteiger partial charge in [0.15, 0.2) is 5.82 Å². The van der Waals surface area contributed by atoms with Gasteiger partial charge in [-0.1, -0.05) is 0 Å². The third-order valence-electron chi connectivity index (χ3n) is 2.60. The SMILES string of the molecule is CC/N=C\Nc1nn(-c2cccnc2)cc1C(=O)OCC. The van der Waals surface area contributed by atoms with E-state index in [9.17, 15) is 4.79 Å². The summed E-state index contributed by atoms with van der Waals surface area (Å²) in [7, 11) is 0. The van der Waals surface area contributed by atoms with Crippen LogP contribution in [0.15, 0.2) is 35.7 Å². The van der Waals surface area contributed by atoms with Crippen LogP contribution in [-0.4, -0.2) is 40.2 Å². The molecule has 0 amide bonds. The second-order valence-corrected chi connectivity index (χ2v) is 4.04. The van der Waals surface area contributed by atoms with Crippen molar-refractivity contribution in [3.8, 4) is 5.69 Å². The first kappa shape index (κ1) is 14.7. The maximum Gasteiger partial charge on any atom is 0.343 e. The molecule has 7 heteroatoms. The van der Waals surface area contributed by atoms with E-state index >= 15 is 0 Å². The summed E-state index contributed by atoms with van der Waals surface area (Å²) in [6.07, 6.45) is 6.45. The Bertz CT molecular complexity index is 622. The van der Waals surface area contributed by atoms with E-state index in [0.717, 1.165) is 5.69 Å². The van der Waals surface area contributed by atoms with E-state index in [-0.39, 0.29) is 0 Å². The van der Waals surface area contributed by atoms with Crippen LogP contribution in [0.2, 0.25) is 0 Å². The van der Waals surface area contributed by atoms with Gasteiger partial charge in [0, 0.05) is 18.9 Å². The van der Waals surface area contributed by atoms with E-state index in [2.05, 4.69) is 20.4 Å². The van der Waals surface area contributed by atoms with Crippen molar-refractivity contribution < 1.29 is 9.53 Å². The number of nitrogens with zero attached hydrogens (tertiary/aromatic N) is 4. The van der Waals surface area contributed by atoms with Crippen molar-refractivity contribution in [2.24, 2.45) is 4.99 Å². The van der Waals surface area contributed by atoms with Gasteiger partial charge in [0.05, 0.1) is 24.8 Å². The molecule has 0 aliphatic carbocycles. The van der Waals surface area contributed by atoms with Crippen molar-refractivity contribution in [1.29, 1.82) is 0 Å². The van der Waals surface area contributed by atoms with Crippen LogP contribution >= 0.6 is 0 Å². The van der Waals surface area contributed by atoms with Gasteiger partial charge < -0.3 is 10.1 Å². The number of carbonyl (C=O) groups is 1. The number of hydrogen-bond donors (Lipinski definition) is 1. The molecule has 0 fully saturated rings. The molecule has 0 bridgehead atoms. The van der Waals surface area contributed by atoms with Gasteiger partial charge in [-0.05, 0) is 26.0 Å². The van der Waals surface area contributed by atoms with Crippen molar-refractivity contribution in [2.45, 2.75) is 13.8 Å². The van der Waals surface area contributed by atoms with E-state index in [1.165, 1.54) is 6.34 Å². The molecule has 0 saturated carbocycles. The summed E-state index contributed by atoms with van der Waals surface area (Å²) in [4.78, 5) is 20.0. The first-order valence-electron chi connectivity index (χ1n) is 6.68. The molecule has 0 atom stereocenters. The van der Waals surface area contributed by atoms with Crippen LogP contribution in [0.25, 0.3) is 5.69 Å². The Balaban J connectivity index is 2.34. The molecule has 0 aromatic carbocycles. The van der Waals surface area contributed by atoms with Gasteiger partial charge in [-0.25, -0.2) is 9.48 Å². The molecule has 0 spiro atoms. The number of rotatable bonds is 6. The summed E-state index contributed by atoms with van der Waals surface area (Å²) < 4.78 is 6.60. The highest BCUT2D eigenvalue weighted by Gasteiger charge is 2.17. The number of carbonyl (C=O) groups excluding carboxylic acids is 1. The fourth-order valence-corrected chi connectivity index (χ4v) is 1.66. The lowest BCUT2D eigenvalue weighted by Gasteiger charge is -2.00. The fourth-order valence-electron chi connectivity index (χ4n) is 1.66. The van der Waals surface area contributed by atoms with Gasteiger partial charge in [-0.3, -0.25) is 9.98 Å². The lowest BCUT2D eigenvalue weighted by Crippen LogP contribution is -2.07.